The lowest BCUT2D eigenvalue weighted by Crippen LogP contribution is -2.32. The van der Waals surface area contributed by atoms with Gasteiger partial charge < -0.3 is 4.84 Å². The van der Waals surface area contributed by atoms with Crippen LogP contribution >= 0.6 is 0 Å². The van der Waals surface area contributed by atoms with E-state index < -0.39 is 17.8 Å². The number of nitrogens with zero attached hydrogens (tertiary/aromatic N) is 1. The van der Waals surface area contributed by atoms with Crippen molar-refractivity contribution in [3.05, 3.63) is 95.6 Å². The Balaban J connectivity index is 1.19. The highest BCUT2D eigenvalue weighted by Gasteiger charge is 2.32. The van der Waals surface area contributed by atoms with Crippen LogP contribution in [0.1, 0.15) is 36.0 Å². The number of imide groups is 1. The van der Waals surface area contributed by atoms with Gasteiger partial charge in [0, 0.05) is 24.0 Å². The molecule has 0 saturated carbocycles. The maximum atomic E-state index is 12.0. The van der Waals surface area contributed by atoms with E-state index in [1.807, 2.05) is 24.3 Å². The second-order valence-corrected chi connectivity index (χ2v) is 8.96. The highest BCUT2D eigenvalue weighted by Crippen LogP contribution is 2.35. The smallest absolute Gasteiger partial charge is 0.330 e. The van der Waals surface area contributed by atoms with Gasteiger partial charge in [-0.2, -0.15) is 0 Å². The Labute approximate surface area is 207 Å². The molecule has 0 bridgehead atoms. The zero-order valence-corrected chi connectivity index (χ0v) is 19.4. The Kier molecular flexibility index (Phi) is 5.35. The Morgan fingerprint density at radius 2 is 1.39 bits per heavy atom. The van der Waals surface area contributed by atoms with Crippen LogP contribution in [0, 0.1) is 11.8 Å². The fraction of sp³-hybridized carbons (Fsp3) is 0.129. The lowest BCUT2D eigenvalue weighted by molar-refractivity contribution is -0.197. The molecular formula is C31H21NO4. The van der Waals surface area contributed by atoms with Crippen LogP contribution in [0.15, 0.2) is 78.9 Å². The second kappa shape index (κ2) is 8.83. The number of aryl methyl sites for hydroxylation is 1. The van der Waals surface area contributed by atoms with Gasteiger partial charge in [-0.1, -0.05) is 72.5 Å². The molecule has 5 nitrogen and oxygen atoms in total. The molecule has 5 aromatic carbocycles. The maximum absolute atomic E-state index is 12.0. The number of amides is 2. The van der Waals surface area contributed by atoms with Crippen LogP contribution in [0.5, 0.6) is 0 Å². The lowest BCUT2D eigenvalue weighted by Gasteiger charge is -2.12. The highest BCUT2D eigenvalue weighted by molar-refractivity contribution is 6.23. The van der Waals surface area contributed by atoms with Gasteiger partial charge >= 0.3 is 5.97 Å². The van der Waals surface area contributed by atoms with Gasteiger partial charge in [0.15, 0.2) is 0 Å². The third-order valence-electron chi connectivity index (χ3n) is 6.64. The molecule has 1 heterocycles. The molecule has 2 amide bonds. The summed E-state index contributed by atoms with van der Waals surface area (Å²) in [4.78, 5) is 40.1. The van der Waals surface area contributed by atoms with Crippen LogP contribution < -0.4 is 0 Å². The van der Waals surface area contributed by atoms with E-state index in [0.717, 1.165) is 22.1 Å². The highest BCUT2D eigenvalue weighted by atomic mass is 16.7. The van der Waals surface area contributed by atoms with Gasteiger partial charge in [0.05, 0.1) is 6.42 Å². The molecular weight excluding hydrogens is 450 g/mol. The van der Waals surface area contributed by atoms with Crippen LogP contribution in [0.2, 0.25) is 0 Å². The van der Waals surface area contributed by atoms with Gasteiger partial charge in [0.1, 0.15) is 0 Å². The molecule has 0 aromatic heterocycles. The van der Waals surface area contributed by atoms with Crippen molar-refractivity contribution in [2.75, 3.05) is 0 Å². The Bertz CT molecular complexity index is 1690. The van der Waals surface area contributed by atoms with Crippen LogP contribution in [0.25, 0.3) is 32.3 Å². The molecule has 0 aliphatic carbocycles. The molecule has 0 unspecified atom stereocenters. The molecule has 1 saturated heterocycles. The molecule has 1 fully saturated rings. The first-order chi connectivity index (χ1) is 17.6. The predicted molar refractivity (Wildman–Crippen MR) is 138 cm³/mol. The first-order valence-electron chi connectivity index (χ1n) is 11.9. The molecule has 1 aliphatic heterocycles. The summed E-state index contributed by atoms with van der Waals surface area (Å²) < 4.78 is 0. The molecule has 0 atom stereocenters. The number of hydrogen-bond donors (Lipinski definition) is 0. The van der Waals surface area contributed by atoms with E-state index in [0.29, 0.717) is 11.5 Å². The molecule has 0 radical (unpaired) electrons. The third-order valence-corrected chi connectivity index (χ3v) is 6.64. The first-order valence-corrected chi connectivity index (χ1v) is 11.9. The second-order valence-electron chi connectivity index (χ2n) is 8.96. The number of rotatable bonds is 4. The number of carbonyl (C=O) groups excluding carboxylic acids is 3. The van der Waals surface area contributed by atoms with Crippen molar-refractivity contribution in [3.63, 3.8) is 0 Å². The Morgan fingerprint density at radius 3 is 2.11 bits per heavy atom. The van der Waals surface area contributed by atoms with Gasteiger partial charge in [0.2, 0.25) is 0 Å². The summed E-state index contributed by atoms with van der Waals surface area (Å²) in [5, 5.41) is 7.92. The largest absolute Gasteiger partial charge is 0.333 e. The summed E-state index contributed by atoms with van der Waals surface area (Å²) in [6, 6.07) is 26.9. The van der Waals surface area contributed by atoms with Crippen molar-refractivity contribution >= 4 is 50.1 Å². The number of hydrogen-bond acceptors (Lipinski definition) is 4. The van der Waals surface area contributed by atoms with Gasteiger partial charge in [-0.05, 0) is 62.5 Å². The average molecular weight is 472 g/mol. The van der Waals surface area contributed by atoms with E-state index >= 15 is 0 Å². The van der Waals surface area contributed by atoms with E-state index in [4.69, 9.17) is 4.84 Å². The molecule has 0 spiro atoms. The molecule has 174 valence electrons. The van der Waals surface area contributed by atoms with E-state index in [1.54, 1.807) is 0 Å². The van der Waals surface area contributed by atoms with Crippen LogP contribution in [0.4, 0.5) is 0 Å². The molecule has 5 heteroatoms. The minimum absolute atomic E-state index is 0.0742. The summed E-state index contributed by atoms with van der Waals surface area (Å²) in [5.41, 5.74) is 2.80. The third kappa shape index (κ3) is 3.93. The summed E-state index contributed by atoms with van der Waals surface area (Å²) in [5.74, 6) is 5.06. The van der Waals surface area contributed by atoms with Crippen molar-refractivity contribution in [2.24, 2.45) is 0 Å². The van der Waals surface area contributed by atoms with Gasteiger partial charge in [0.25, 0.3) is 11.8 Å². The molecule has 1 aliphatic rings. The molecule has 5 aromatic rings. The predicted octanol–water partition coefficient (Wildman–Crippen LogP) is 5.52. The van der Waals surface area contributed by atoms with Gasteiger partial charge in [-0.25, -0.2) is 4.79 Å². The normalized spacial score (nSPS) is 13.5. The van der Waals surface area contributed by atoms with E-state index in [1.165, 1.54) is 26.9 Å². The van der Waals surface area contributed by atoms with Crippen molar-refractivity contribution in [1.29, 1.82) is 0 Å². The fourth-order valence-electron chi connectivity index (χ4n) is 4.79. The van der Waals surface area contributed by atoms with Gasteiger partial charge in [-0.3, -0.25) is 9.59 Å². The van der Waals surface area contributed by atoms with E-state index in [2.05, 4.69) is 66.4 Å². The number of carbonyl (C=O) groups is 3. The Morgan fingerprint density at radius 1 is 0.750 bits per heavy atom. The summed E-state index contributed by atoms with van der Waals surface area (Å²) in [6.07, 6.45) is 0.690. The quantitative estimate of drug-likeness (QED) is 0.197. The summed E-state index contributed by atoms with van der Waals surface area (Å²) >= 11 is 0. The monoisotopic (exact) mass is 471 g/mol. The van der Waals surface area contributed by atoms with Crippen LogP contribution in [0.3, 0.4) is 0 Å². The van der Waals surface area contributed by atoms with Crippen molar-refractivity contribution in [3.8, 4) is 11.8 Å². The number of benzene rings is 5. The zero-order valence-electron chi connectivity index (χ0n) is 19.4. The first kappa shape index (κ1) is 21.8. The maximum Gasteiger partial charge on any atom is 0.333 e. The van der Waals surface area contributed by atoms with Crippen molar-refractivity contribution < 1.29 is 19.2 Å². The minimum Gasteiger partial charge on any atom is -0.330 e. The molecule has 6 rings (SSSR count). The zero-order chi connectivity index (χ0) is 24.6. The standard InChI is InChI=1S/C31H21NO4/c33-27-17-18-28(34)32(27)36-29(35)19-9-21-6-4-20(5-7-21)8-10-22-11-12-25-14-13-23-2-1-3-24-15-16-26(22)31(25)30(23)24/h1-7,11-16H,9,17-19H2. The van der Waals surface area contributed by atoms with E-state index in [9.17, 15) is 14.4 Å². The minimum atomic E-state index is -0.600. The SMILES string of the molecule is O=C(CCc1ccc(C#Cc2ccc3ccc4cccc5ccc2c3c45)cc1)ON1C(=O)CCC1=O. The Hall–Kier alpha value is -4.69. The van der Waals surface area contributed by atoms with Crippen LogP contribution in [-0.4, -0.2) is 22.8 Å². The van der Waals surface area contributed by atoms with Crippen LogP contribution in [-0.2, 0) is 25.6 Å². The van der Waals surface area contributed by atoms with E-state index in [-0.39, 0.29) is 19.3 Å². The molecule has 0 N–H and O–H groups in total. The fourth-order valence-corrected chi connectivity index (χ4v) is 4.79. The van der Waals surface area contributed by atoms with Gasteiger partial charge in [-0.15, -0.1) is 5.06 Å². The summed E-state index contributed by atoms with van der Waals surface area (Å²) in [7, 11) is 0. The number of hydroxylamine groups is 2. The topological polar surface area (TPSA) is 63.7 Å². The van der Waals surface area contributed by atoms with Crippen molar-refractivity contribution in [2.45, 2.75) is 25.7 Å². The lowest BCUT2D eigenvalue weighted by atomic mass is 9.92. The summed E-state index contributed by atoms with van der Waals surface area (Å²) in [6.45, 7) is 0. The average Bonchev–Trinajstić information content (AvgIpc) is 3.22. The van der Waals surface area contributed by atoms with Crippen molar-refractivity contribution in [1.82, 2.24) is 5.06 Å². The molecule has 36 heavy (non-hydrogen) atoms.